The molecule has 0 radical (unpaired) electrons. The van der Waals surface area contributed by atoms with Crippen LogP contribution >= 0.6 is 11.6 Å². The lowest BCUT2D eigenvalue weighted by Crippen LogP contribution is -2.25. The molecule has 0 aliphatic rings. The number of hydrogen-bond acceptors (Lipinski definition) is 3. The fourth-order valence-electron chi connectivity index (χ4n) is 2.56. The summed E-state index contributed by atoms with van der Waals surface area (Å²) in [5.41, 5.74) is 6.04. The summed E-state index contributed by atoms with van der Waals surface area (Å²) < 4.78 is 5.51. The molecule has 1 amide bonds. The van der Waals surface area contributed by atoms with E-state index in [-0.39, 0.29) is 12.5 Å². The fourth-order valence-corrected chi connectivity index (χ4v) is 2.67. The van der Waals surface area contributed by atoms with Gasteiger partial charge in [-0.15, -0.1) is 0 Å². The van der Waals surface area contributed by atoms with Gasteiger partial charge in [-0.2, -0.15) is 5.10 Å². The second-order valence-electron chi connectivity index (χ2n) is 6.34. The first-order valence-electron chi connectivity index (χ1n) is 9.16. The number of amides is 1. The van der Waals surface area contributed by atoms with Gasteiger partial charge in [0.25, 0.3) is 5.91 Å². The zero-order valence-corrected chi connectivity index (χ0v) is 16.8. The predicted octanol–water partition coefficient (Wildman–Crippen LogP) is 5.26. The van der Waals surface area contributed by atoms with Crippen molar-refractivity contribution in [1.29, 1.82) is 0 Å². The van der Waals surface area contributed by atoms with Crippen molar-refractivity contribution in [3.8, 4) is 5.75 Å². The molecule has 3 aromatic carbocycles. The van der Waals surface area contributed by atoms with Crippen LogP contribution in [0.25, 0.3) is 6.08 Å². The van der Waals surface area contributed by atoms with E-state index in [0.29, 0.717) is 16.5 Å². The van der Waals surface area contributed by atoms with Crippen LogP contribution in [0.4, 0.5) is 0 Å². The van der Waals surface area contributed by atoms with Crippen LogP contribution < -0.4 is 10.2 Å². The molecule has 29 heavy (non-hydrogen) atoms. The van der Waals surface area contributed by atoms with Crippen LogP contribution in [0.2, 0.25) is 5.02 Å². The number of hydrazone groups is 1. The van der Waals surface area contributed by atoms with Crippen molar-refractivity contribution >= 4 is 29.3 Å². The summed E-state index contributed by atoms with van der Waals surface area (Å²) in [4.78, 5) is 12.2. The minimum Gasteiger partial charge on any atom is -0.484 e. The quantitative estimate of drug-likeness (QED) is 0.431. The number of hydrogen-bond donors (Lipinski definition) is 1. The predicted molar refractivity (Wildman–Crippen MR) is 118 cm³/mol. The first-order chi connectivity index (χ1) is 14.1. The molecule has 0 atom stereocenters. The smallest absolute Gasteiger partial charge is 0.277 e. The number of nitrogens with zero attached hydrogens (tertiary/aromatic N) is 1. The highest BCUT2D eigenvalue weighted by molar-refractivity contribution is 6.31. The molecule has 0 heterocycles. The molecule has 5 heteroatoms. The molecule has 0 spiro atoms. The molecule has 146 valence electrons. The van der Waals surface area contributed by atoms with Gasteiger partial charge in [-0.05, 0) is 42.3 Å². The Kier molecular flexibility index (Phi) is 7.20. The third-order valence-corrected chi connectivity index (χ3v) is 4.53. The number of allylic oxidation sites excluding steroid dienone is 1. The van der Waals surface area contributed by atoms with Gasteiger partial charge in [0.15, 0.2) is 6.61 Å². The Morgan fingerprint density at radius 3 is 2.41 bits per heavy atom. The summed E-state index contributed by atoms with van der Waals surface area (Å²) in [5.74, 6) is 0.234. The number of carbonyl (C=O) groups is 1. The number of nitrogens with one attached hydrogen (secondary N) is 1. The van der Waals surface area contributed by atoms with Crippen molar-refractivity contribution in [1.82, 2.24) is 5.43 Å². The van der Waals surface area contributed by atoms with E-state index in [2.05, 4.69) is 10.5 Å². The molecule has 0 unspecified atom stereocenters. The molecule has 0 aromatic heterocycles. The van der Waals surface area contributed by atoms with Crippen molar-refractivity contribution in [2.24, 2.45) is 5.10 Å². The van der Waals surface area contributed by atoms with Crippen LogP contribution in [-0.4, -0.2) is 18.2 Å². The Bertz CT molecular complexity index is 1020. The summed E-state index contributed by atoms with van der Waals surface area (Å²) in [5, 5.41) is 4.94. The molecule has 3 aromatic rings. The number of halogens is 1. The lowest BCUT2D eigenvalue weighted by atomic mass is 10.1. The SMILES string of the molecule is Cc1cc(OCC(=O)NN=C(C=Cc2ccccc2)c2ccccc2)ccc1Cl. The van der Waals surface area contributed by atoms with Crippen LogP contribution in [0.15, 0.2) is 90.0 Å². The maximum atomic E-state index is 12.2. The standard InChI is InChI=1S/C24H21ClN2O2/c1-18-16-21(13-14-22(18)25)29-17-24(28)27-26-23(20-10-6-3-7-11-20)15-12-19-8-4-2-5-9-19/h2-16H,17H2,1H3,(H,27,28). The van der Waals surface area contributed by atoms with E-state index in [4.69, 9.17) is 16.3 Å². The maximum Gasteiger partial charge on any atom is 0.277 e. The van der Waals surface area contributed by atoms with E-state index >= 15 is 0 Å². The summed E-state index contributed by atoms with van der Waals surface area (Å²) in [6.45, 7) is 1.74. The molecule has 0 aliphatic carbocycles. The van der Waals surface area contributed by atoms with Crippen LogP contribution in [0, 0.1) is 6.92 Å². The lowest BCUT2D eigenvalue weighted by Gasteiger charge is -2.07. The third-order valence-electron chi connectivity index (χ3n) is 4.10. The zero-order chi connectivity index (χ0) is 20.5. The summed E-state index contributed by atoms with van der Waals surface area (Å²) >= 11 is 6.00. The van der Waals surface area contributed by atoms with Crippen molar-refractivity contribution in [2.45, 2.75) is 6.92 Å². The molecule has 1 N–H and O–H groups in total. The summed E-state index contributed by atoms with van der Waals surface area (Å²) in [7, 11) is 0. The maximum absolute atomic E-state index is 12.2. The highest BCUT2D eigenvalue weighted by Crippen LogP contribution is 2.20. The van der Waals surface area contributed by atoms with E-state index in [1.54, 1.807) is 18.2 Å². The minimum atomic E-state index is -0.348. The number of carbonyl (C=O) groups excluding carboxylic acids is 1. The second-order valence-corrected chi connectivity index (χ2v) is 6.75. The third kappa shape index (κ3) is 6.33. The molecular weight excluding hydrogens is 384 g/mol. The van der Waals surface area contributed by atoms with E-state index in [9.17, 15) is 4.79 Å². The van der Waals surface area contributed by atoms with Crippen LogP contribution in [0.3, 0.4) is 0 Å². The van der Waals surface area contributed by atoms with Gasteiger partial charge in [0, 0.05) is 10.6 Å². The zero-order valence-electron chi connectivity index (χ0n) is 16.0. The largest absolute Gasteiger partial charge is 0.484 e. The Hall–Kier alpha value is -3.37. The number of aryl methyl sites for hydroxylation is 1. The van der Waals surface area contributed by atoms with Crippen molar-refractivity contribution < 1.29 is 9.53 Å². The first-order valence-corrected chi connectivity index (χ1v) is 9.53. The molecule has 0 saturated heterocycles. The Balaban J connectivity index is 1.67. The topological polar surface area (TPSA) is 50.7 Å². The van der Waals surface area contributed by atoms with E-state index in [1.807, 2.05) is 79.7 Å². The number of rotatable bonds is 7. The normalized spacial score (nSPS) is 11.4. The Morgan fingerprint density at radius 2 is 1.72 bits per heavy atom. The van der Waals surface area contributed by atoms with Gasteiger partial charge in [-0.3, -0.25) is 4.79 Å². The van der Waals surface area contributed by atoms with Crippen molar-refractivity contribution in [3.63, 3.8) is 0 Å². The summed E-state index contributed by atoms with van der Waals surface area (Å²) in [6.07, 6.45) is 3.82. The molecule has 0 fully saturated rings. The molecule has 0 aliphatic heterocycles. The van der Waals surface area contributed by atoms with E-state index in [0.717, 1.165) is 16.7 Å². The van der Waals surface area contributed by atoms with Gasteiger partial charge in [0.1, 0.15) is 5.75 Å². The van der Waals surface area contributed by atoms with Gasteiger partial charge < -0.3 is 4.74 Å². The van der Waals surface area contributed by atoms with Crippen molar-refractivity contribution in [2.75, 3.05) is 6.61 Å². The molecular formula is C24H21ClN2O2. The second kappa shape index (κ2) is 10.2. The van der Waals surface area contributed by atoms with Gasteiger partial charge in [-0.1, -0.05) is 78.3 Å². The molecule has 3 rings (SSSR count). The van der Waals surface area contributed by atoms with Crippen LogP contribution in [0.5, 0.6) is 5.75 Å². The van der Waals surface area contributed by atoms with Gasteiger partial charge in [0.2, 0.25) is 0 Å². The molecule has 0 bridgehead atoms. The number of benzene rings is 3. The van der Waals surface area contributed by atoms with E-state index in [1.165, 1.54) is 0 Å². The fraction of sp³-hybridized carbons (Fsp3) is 0.0833. The highest BCUT2D eigenvalue weighted by atomic mass is 35.5. The van der Waals surface area contributed by atoms with Crippen LogP contribution in [0.1, 0.15) is 16.7 Å². The average molecular weight is 405 g/mol. The van der Waals surface area contributed by atoms with Crippen LogP contribution in [-0.2, 0) is 4.79 Å². The summed E-state index contributed by atoms with van der Waals surface area (Å²) in [6, 6.07) is 24.8. The highest BCUT2D eigenvalue weighted by Gasteiger charge is 2.05. The monoisotopic (exact) mass is 404 g/mol. The molecule has 0 saturated carbocycles. The van der Waals surface area contributed by atoms with E-state index < -0.39 is 0 Å². The average Bonchev–Trinajstić information content (AvgIpc) is 2.76. The number of ether oxygens (including phenoxy) is 1. The lowest BCUT2D eigenvalue weighted by molar-refractivity contribution is -0.123. The Labute approximate surface area is 175 Å². The minimum absolute atomic E-state index is 0.144. The first kappa shape index (κ1) is 20.4. The molecule has 4 nitrogen and oxygen atoms in total. The Morgan fingerprint density at radius 1 is 1.03 bits per heavy atom. The van der Waals surface area contributed by atoms with Crippen molar-refractivity contribution in [3.05, 3.63) is 107 Å². The van der Waals surface area contributed by atoms with Gasteiger partial charge in [-0.25, -0.2) is 5.43 Å². The van der Waals surface area contributed by atoms with Gasteiger partial charge in [0.05, 0.1) is 5.71 Å². The van der Waals surface area contributed by atoms with Gasteiger partial charge >= 0.3 is 0 Å².